The molecule has 0 spiro atoms. The quantitative estimate of drug-likeness (QED) is 0.417. The van der Waals surface area contributed by atoms with Crippen molar-refractivity contribution < 1.29 is 57.8 Å². The van der Waals surface area contributed by atoms with E-state index in [0.29, 0.717) is 0 Å². The van der Waals surface area contributed by atoms with Crippen molar-refractivity contribution in [3.05, 3.63) is 0 Å². The van der Waals surface area contributed by atoms with E-state index in [1.54, 1.807) is 0 Å². The van der Waals surface area contributed by atoms with Gasteiger partial charge in [-0.1, -0.05) is 0 Å². The second-order valence-corrected chi connectivity index (χ2v) is 0.469. The Balaban J connectivity index is -0.0000000233. The molecular weight excluding hydrogens is 164 g/mol. The van der Waals surface area contributed by atoms with Crippen LogP contribution < -0.4 is 18.9 Å². The minimum atomic E-state index is -1.83. The van der Waals surface area contributed by atoms with Gasteiger partial charge in [-0.25, -0.2) is 4.79 Å². The predicted molar refractivity (Wildman–Crippen MR) is 14.0 cm³/mol. The molecule has 0 aromatic rings. The molecule has 0 aromatic carbocycles. The molecular formula is CH3F2LiNiO3. The topological polar surface area (TPSA) is 57.5 Å². The van der Waals surface area contributed by atoms with Crippen molar-refractivity contribution >= 4 is 6.16 Å². The normalized spacial score (nSPS) is 5.75. The molecule has 0 atom stereocenters. The van der Waals surface area contributed by atoms with E-state index in [1.165, 1.54) is 0 Å². The van der Waals surface area contributed by atoms with Gasteiger partial charge in [0.1, 0.15) is 0 Å². The van der Waals surface area contributed by atoms with Crippen LogP contribution >= 0.6 is 0 Å². The van der Waals surface area contributed by atoms with E-state index >= 15 is 0 Å². The monoisotopic (exact) mass is 166 g/mol. The van der Waals surface area contributed by atoms with Crippen molar-refractivity contribution in [1.29, 1.82) is 0 Å². The van der Waals surface area contributed by atoms with Crippen LogP contribution in [0.3, 0.4) is 0 Å². The molecule has 0 saturated carbocycles. The Kier molecular flexibility index (Phi) is 30.8. The summed E-state index contributed by atoms with van der Waals surface area (Å²) in [7, 11) is 0. The third kappa shape index (κ3) is 3470. The van der Waals surface area contributed by atoms with Gasteiger partial charge in [0, 0.05) is 0 Å². The van der Waals surface area contributed by atoms with Gasteiger partial charge in [-0.2, -0.15) is 0 Å². The summed E-state index contributed by atoms with van der Waals surface area (Å²) in [5.41, 5.74) is 0. The van der Waals surface area contributed by atoms with E-state index in [9.17, 15) is 7.21 Å². The number of hydrogen-bond donors (Lipinski definition) is 2. The van der Waals surface area contributed by atoms with Crippen molar-refractivity contribution in [3.63, 3.8) is 0 Å². The summed E-state index contributed by atoms with van der Waals surface area (Å²) in [6.45, 7) is 0. The molecule has 0 aliphatic carbocycles. The molecule has 0 amide bonds. The molecule has 7 heteroatoms. The first kappa shape index (κ1) is 15.7. The Bertz CT molecular complexity index is 53.1. The molecule has 8 heavy (non-hydrogen) atoms. The van der Waals surface area contributed by atoms with Crippen LogP contribution in [0.1, 0.15) is 1.43 Å². The number of hydrogen-bond acceptors (Lipinski definition) is 1. The van der Waals surface area contributed by atoms with Gasteiger partial charge < -0.3 is 11.6 Å². The number of halogens is 2. The molecule has 0 aromatic heterocycles. The maximum Gasteiger partial charge on any atom is 1.00 e. The zero-order valence-corrected chi connectivity index (χ0v) is 4.86. The summed E-state index contributed by atoms with van der Waals surface area (Å²) >= 11 is -1.38. The second-order valence-electron chi connectivity index (χ2n) is 0.328. The fraction of sp³-hybridized carbons (Fsp3) is 0. The van der Waals surface area contributed by atoms with Crippen LogP contribution in [-0.4, -0.2) is 16.4 Å². The van der Waals surface area contributed by atoms with E-state index in [0.717, 1.165) is 0 Å². The Labute approximate surface area is 64.4 Å². The molecule has 0 aliphatic heterocycles. The average molecular weight is 167 g/mol. The van der Waals surface area contributed by atoms with Gasteiger partial charge in [-0.05, 0) is 0 Å². The Hall–Kier alpha value is 0.221. The van der Waals surface area contributed by atoms with E-state index in [2.05, 4.69) is 0 Å². The third-order valence-electron chi connectivity index (χ3n) is 0. The van der Waals surface area contributed by atoms with Crippen LogP contribution in [0.2, 0.25) is 0 Å². The number of carboxylic acid groups (broad SMARTS) is 2. The standard InChI is InChI=1S/CH2O3.2FH.Li.Ni.H/c2-1(3)4;;;;;/h(H2,2,3,4);2*1H;;;/q;;;+1;+2;-1/p-2. The molecule has 0 aliphatic rings. The SMILES string of the molecule is O=C(O)O.[F][Ni][F].[H-].[Li+]. The van der Waals surface area contributed by atoms with Gasteiger partial charge in [0.2, 0.25) is 0 Å². The molecule has 0 unspecified atom stereocenters. The number of rotatable bonds is 0. The van der Waals surface area contributed by atoms with E-state index < -0.39 is 21.5 Å². The van der Waals surface area contributed by atoms with E-state index in [-0.39, 0.29) is 20.3 Å². The van der Waals surface area contributed by atoms with Gasteiger partial charge >= 0.3 is 47.6 Å². The maximum absolute atomic E-state index is 9.56. The van der Waals surface area contributed by atoms with Crippen molar-refractivity contribution in [2.75, 3.05) is 0 Å². The van der Waals surface area contributed by atoms with Crippen molar-refractivity contribution in [1.82, 2.24) is 0 Å². The Morgan fingerprint density at radius 2 is 1.50 bits per heavy atom. The smallest absolute Gasteiger partial charge is 1.00 e. The predicted octanol–water partition coefficient (Wildman–Crippen LogP) is -1.82. The largest absolute Gasteiger partial charge is 1.00 e. The summed E-state index contributed by atoms with van der Waals surface area (Å²) < 4.78 is 19.1. The van der Waals surface area contributed by atoms with Crippen LogP contribution in [0.5, 0.6) is 0 Å². The van der Waals surface area contributed by atoms with Gasteiger partial charge in [0.05, 0.1) is 0 Å². The van der Waals surface area contributed by atoms with Crippen LogP contribution in [0.4, 0.5) is 12.0 Å². The average Bonchev–Trinajstić information content (AvgIpc) is 1.33. The first-order chi connectivity index (χ1) is 3.15. The molecule has 0 heterocycles. The summed E-state index contributed by atoms with van der Waals surface area (Å²) in [4.78, 5) is 8.56. The van der Waals surface area contributed by atoms with Gasteiger partial charge in [0.15, 0.2) is 0 Å². The summed E-state index contributed by atoms with van der Waals surface area (Å²) in [5.74, 6) is 0. The van der Waals surface area contributed by atoms with Crippen molar-refractivity contribution in [2.45, 2.75) is 0 Å². The van der Waals surface area contributed by atoms with Gasteiger partial charge in [-0.3, -0.25) is 0 Å². The van der Waals surface area contributed by atoms with Crippen LogP contribution in [0, 0.1) is 0 Å². The fourth-order valence-electron chi connectivity index (χ4n) is 0. The molecule has 0 saturated heterocycles. The van der Waals surface area contributed by atoms with Crippen LogP contribution in [-0.2, 0) is 15.3 Å². The first-order valence-corrected chi connectivity index (χ1v) is 1.64. The minimum Gasteiger partial charge on any atom is -1.00 e. The number of carbonyl (C=O) groups is 1. The van der Waals surface area contributed by atoms with Gasteiger partial charge in [-0.15, -0.1) is 0 Å². The molecule has 0 rings (SSSR count). The Morgan fingerprint density at radius 3 is 1.50 bits per heavy atom. The zero-order chi connectivity index (χ0) is 6.28. The minimum absolute atomic E-state index is 0. The fourth-order valence-corrected chi connectivity index (χ4v) is 0. The van der Waals surface area contributed by atoms with Gasteiger partial charge in [0.25, 0.3) is 0 Å². The Morgan fingerprint density at radius 1 is 1.50 bits per heavy atom. The molecule has 0 radical (unpaired) electrons. The van der Waals surface area contributed by atoms with E-state index in [4.69, 9.17) is 15.0 Å². The first-order valence-electron chi connectivity index (χ1n) is 0.890. The van der Waals surface area contributed by atoms with Crippen molar-refractivity contribution in [3.8, 4) is 0 Å². The van der Waals surface area contributed by atoms with Crippen LogP contribution in [0.25, 0.3) is 0 Å². The van der Waals surface area contributed by atoms with E-state index in [1.807, 2.05) is 0 Å². The zero-order valence-electron chi connectivity index (χ0n) is 4.87. The van der Waals surface area contributed by atoms with Crippen LogP contribution in [0.15, 0.2) is 0 Å². The molecule has 3 nitrogen and oxygen atoms in total. The summed E-state index contributed by atoms with van der Waals surface area (Å²) in [5, 5.41) is 13.9. The molecule has 0 fully saturated rings. The maximum atomic E-state index is 9.56. The van der Waals surface area contributed by atoms with Crippen molar-refractivity contribution in [2.24, 2.45) is 0 Å². The molecule has 0 bridgehead atoms. The molecule has 2 N–H and O–H groups in total. The summed E-state index contributed by atoms with van der Waals surface area (Å²) in [6.07, 6.45) is -1.83. The summed E-state index contributed by atoms with van der Waals surface area (Å²) in [6, 6.07) is 0. The second kappa shape index (κ2) is 15.7. The molecule has 50 valence electrons. The third-order valence-corrected chi connectivity index (χ3v) is 0.